The highest BCUT2D eigenvalue weighted by Crippen LogP contribution is 2.51. The normalized spacial score (nSPS) is 26.7. The number of para-hydroxylation sites is 1. The van der Waals surface area contributed by atoms with Crippen LogP contribution in [0.5, 0.6) is 5.75 Å². The number of imide groups is 1. The summed E-state index contributed by atoms with van der Waals surface area (Å²) in [5.74, 6) is 0.898. The molecule has 0 radical (unpaired) electrons. The highest BCUT2D eigenvalue weighted by molar-refractivity contribution is 6.05. The average molecular weight is 569 g/mol. The summed E-state index contributed by atoms with van der Waals surface area (Å²) in [5, 5.41) is 2.39. The van der Waals surface area contributed by atoms with Crippen molar-refractivity contribution in [2.45, 2.75) is 69.4 Å². The smallest absolute Gasteiger partial charge is 0.255 e. The molecule has 3 amide bonds. The summed E-state index contributed by atoms with van der Waals surface area (Å²) in [4.78, 5) is 44.2. The number of hydrogen-bond donors (Lipinski definition) is 1. The zero-order valence-corrected chi connectivity index (χ0v) is 24.3. The van der Waals surface area contributed by atoms with Crippen molar-refractivity contribution in [2.24, 2.45) is 11.3 Å². The molecule has 4 fully saturated rings. The third kappa shape index (κ3) is 4.24. The average Bonchev–Trinajstić information content (AvgIpc) is 3.52. The van der Waals surface area contributed by atoms with Crippen LogP contribution >= 0.6 is 0 Å². The van der Waals surface area contributed by atoms with E-state index in [1.165, 1.54) is 56.6 Å². The number of anilines is 1. The topological polar surface area (TPSA) is 82.2 Å². The fourth-order valence-electron chi connectivity index (χ4n) is 8.80. The lowest BCUT2D eigenvalue weighted by atomic mass is 9.65. The predicted octanol–water partition coefficient (Wildman–Crippen LogP) is 3.87. The van der Waals surface area contributed by atoms with E-state index in [1.54, 1.807) is 4.90 Å². The van der Waals surface area contributed by atoms with Gasteiger partial charge in [-0.05, 0) is 82.2 Å². The largest absolute Gasteiger partial charge is 0.492 e. The van der Waals surface area contributed by atoms with Gasteiger partial charge < -0.3 is 19.4 Å². The molecule has 2 spiro atoms. The molecule has 6 aliphatic rings. The van der Waals surface area contributed by atoms with Crippen LogP contribution in [0.15, 0.2) is 42.5 Å². The van der Waals surface area contributed by atoms with E-state index in [4.69, 9.17) is 4.74 Å². The Labute approximate surface area is 247 Å². The van der Waals surface area contributed by atoms with Crippen molar-refractivity contribution < 1.29 is 19.1 Å². The number of piperidine rings is 2. The van der Waals surface area contributed by atoms with Crippen molar-refractivity contribution in [2.75, 3.05) is 44.2 Å². The van der Waals surface area contributed by atoms with Gasteiger partial charge in [-0.15, -0.1) is 0 Å². The van der Waals surface area contributed by atoms with Crippen molar-refractivity contribution in [1.29, 1.82) is 0 Å². The zero-order valence-electron chi connectivity index (χ0n) is 24.3. The fourth-order valence-corrected chi connectivity index (χ4v) is 8.80. The molecule has 8 heteroatoms. The van der Waals surface area contributed by atoms with E-state index < -0.39 is 6.04 Å². The highest BCUT2D eigenvalue weighted by Gasteiger charge is 2.49. The van der Waals surface area contributed by atoms with Gasteiger partial charge in [-0.3, -0.25) is 19.7 Å². The Balaban J connectivity index is 0.871. The van der Waals surface area contributed by atoms with E-state index in [1.807, 2.05) is 6.07 Å². The Morgan fingerprint density at radius 2 is 1.67 bits per heavy atom. The molecule has 5 aliphatic heterocycles. The summed E-state index contributed by atoms with van der Waals surface area (Å²) in [6, 6.07) is 14.3. The van der Waals surface area contributed by atoms with E-state index in [9.17, 15) is 14.4 Å². The van der Waals surface area contributed by atoms with Crippen LogP contribution in [0.3, 0.4) is 0 Å². The second kappa shape index (κ2) is 9.83. The third-order valence-electron chi connectivity index (χ3n) is 11.4. The first-order valence-electron chi connectivity index (χ1n) is 15.9. The summed E-state index contributed by atoms with van der Waals surface area (Å²) in [7, 11) is 0. The molecule has 3 saturated heterocycles. The number of benzene rings is 2. The fraction of sp³-hybridized carbons (Fsp3) is 0.559. The predicted molar refractivity (Wildman–Crippen MR) is 158 cm³/mol. The maximum absolute atomic E-state index is 13.3. The van der Waals surface area contributed by atoms with Crippen molar-refractivity contribution in [1.82, 2.24) is 15.1 Å². The van der Waals surface area contributed by atoms with E-state index in [2.05, 4.69) is 51.5 Å². The second-order valence-corrected chi connectivity index (χ2v) is 13.9. The van der Waals surface area contributed by atoms with Gasteiger partial charge in [0, 0.05) is 59.3 Å². The Bertz CT molecular complexity index is 1420. The van der Waals surface area contributed by atoms with Gasteiger partial charge in [-0.25, -0.2) is 0 Å². The minimum atomic E-state index is -0.599. The number of likely N-dealkylation sites (tertiary alicyclic amines) is 1. The van der Waals surface area contributed by atoms with Crippen LogP contribution in [-0.2, 0) is 21.5 Å². The van der Waals surface area contributed by atoms with E-state index >= 15 is 0 Å². The van der Waals surface area contributed by atoms with Gasteiger partial charge in [0.15, 0.2) is 0 Å². The lowest BCUT2D eigenvalue weighted by Gasteiger charge is -2.55. The van der Waals surface area contributed by atoms with E-state index in [0.29, 0.717) is 30.6 Å². The molecule has 2 aromatic rings. The van der Waals surface area contributed by atoms with Gasteiger partial charge in [-0.1, -0.05) is 24.3 Å². The lowest BCUT2D eigenvalue weighted by molar-refractivity contribution is -0.136. The molecule has 42 heavy (non-hydrogen) atoms. The molecule has 0 aromatic heterocycles. The van der Waals surface area contributed by atoms with Crippen LogP contribution in [0.1, 0.15) is 72.9 Å². The van der Waals surface area contributed by atoms with E-state index in [-0.39, 0.29) is 29.6 Å². The number of rotatable bonds is 4. The Hall–Kier alpha value is -3.39. The van der Waals surface area contributed by atoms with Crippen molar-refractivity contribution in [3.63, 3.8) is 0 Å². The van der Waals surface area contributed by atoms with Gasteiger partial charge in [-0.2, -0.15) is 0 Å². The van der Waals surface area contributed by atoms with Gasteiger partial charge in [0.1, 0.15) is 11.8 Å². The molecule has 5 heterocycles. The Morgan fingerprint density at radius 3 is 2.40 bits per heavy atom. The van der Waals surface area contributed by atoms with Gasteiger partial charge >= 0.3 is 0 Å². The third-order valence-corrected chi connectivity index (χ3v) is 11.4. The van der Waals surface area contributed by atoms with Crippen LogP contribution in [0.25, 0.3) is 0 Å². The minimum Gasteiger partial charge on any atom is -0.492 e. The quantitative estimate of drug-likeness (QED) is 0.564. The number of nitrogens with zero attached hydrogens (tertiary/aromatic N) is 3. The van der Waals surface area contributed by atoms with Crippen LogP contribution in [-0.4, -0.2) is 72.9 Å². The number of fused-ring (bicyclic) bond motifs is 4. The number of nitrogens with one attached hydrogen (secondary N) is 1. The molecule has 1 saturated carbocycles. The summed E-state index contributed by atoms with van der Waals surface area (Å²) < 4.78 is 6.37. The Morgan fingerprint density at radius 1 is 0.905 bits per heavy atom. The number of ether oxygens (including phenoxy) is 1. The molecule has 1 atom stereocenters. The van der Waals surface area contributed by atoms with E-state index in [0.717, 1.165) is 43.2 Å². The van der Waals surface area contributed by atoms with Gasteiger partial charge in [0.2, 0.25) is 11.8 Å². The van der Waals surface area contributed by atoms with Crippen molar-refractivity contribution in [3.05, 3.63) is 59.2 Å². The van der Waals surface area contributed by atoms with Gasteiger partial charge in [0.25, 0.3) is 5.91 Å². The van der Waals surface area contributed by atoms with Crippen LogP contribution in [0.4, 0.5) is 5.69 Å². The van der Waals surface area contributed by atoms with Crippen molar-refractivity contribution in [3.8, 4) is 5.75 Å². The molecule has 1 unspecified atom stereocenters. The van der Waals surface area contributed by atoms with Crippen LogP contribution in [0.2, 0.25) is 0 Å². The molecule has 2 aromatic carbocycles. The molecule has 220 valence electrons. The molecule has 8 nitrogen and oxygen atoms in total. The summed E-state index contributed by atoms with van der Waals surface area (Å²) in [6.45, 7) is 6.87. The second-order valence-electron chi connectivity index (χ2n) is 13.9. The summed E-state index contributed by atoms with van der Waals surface area (Å²) >= 11 is 0. The summed E-state index contributed by atoms with van der Waals surface area (Å²) in [6.07, 6.45) is 8.21. The van der Waals surface area contributed by atoms with Crippen LogP contribution < -0.4 is 15.0 Å². The molecular formula is C34H40N4O4. The van der Waals surface area contributed by atoms with Crippen molar-refractivity contribution >= 4 is 23.4 Å². The number of carbonyl (C=O) groups is 3. The first-order valence-corrected chi connectivity index (χ1v) is 15.9. The SMILES string of the molecule is O=C1CCC(N2Cc3c(ccc4c3OCC43CCN(CC4CCC5(CC4)CN(c4ccccc4)C5)CC3)C2=O)C(=O)N1. The number of carbonyl (C=O) groups excluding carboxylic acids is 3. The maximum Gasteiger partial charge on any atom is 0.255 e. The zero-order chi connectivity index (χ0) is 28.5. The lowest BCUT2D eigenvalue weighted by Crippen LogP contribution is -2.58. The number of amides is 3. The minimum absolute atomic E-state index is 0.00934. The summed E-state index contributed by atoms with van der Waals surface area (Å²) in [5.41, 5.74) is 4.72. The van der Waals surface area contributed by atoms with Gasteiger partial charge in [0.05, 0.1) is 13.2 Å². The standard InChI is InChI=1S/C34H40N4O4/c39-29-9-8-28(31(40)35-29)38-19-26-25(32(38)41)6-7-27-30(26)42-22-34(27)14-16-36(17-15-34)18-23-10-12-33(13-11-23)20-37(21-33)24-4-2-1-3-5-24/h1-7,23,28H,8-22H2,(H,35,39,40). The molecule has 1 aliphatic carbocycles. The molecule has 0 bridgehead atoms. The Kier molecular flexibility index (Phi) is 6.14. The highest BCUT2D eigenvalue weighted by atomic mass is 16.5. The van der Waals surface area contributed by atoms with Crippen LogP contribution in [0, 0.1) is 11.3 Å². The first-order chi connectivity index (χ1) is 20.4. The first kappa shape index (κ1) is 26.3. The number of hydrogen-bond acceptors (Lipinski definition) is 6. The molecule has 8 rings (SSSR count). The monoisotopic (exact) mass is 568 g/mol. The molecule has 1 N–H and O–H groups in total. The molecular weight excluding hydrogens is 528 g/mol. The maximum atomic E-state index is 13.3.